The van der Waals surface area contributed by atoms with Gasteiger partial charge in [-0.15, -0.1) is 15.3 Å². The predicted molar refractivity (Wildman–Crippen MR) is 76.3 cm³/mol. The number of alkyl halides is 3. The Morgan fingerprint density at radius 2 is 1.96 bits per heavy atom. The van der Waals surface area contributed by atoms with E-state index in [4.69, 9.17) is 11.6 Å². The SMILES string of the molecule is O=C(NCc1ccc(Cl)cc1)c1nn2c(C(F)(F)F)nnc2s1. The molecule has 120 valence electrons. The molecule has 0 atom stereocenters. The quantitative estimate of drug-likeness (QED) is 0.778. The maximum atomic E-state index is 12.7. The molecule has 1 aromatic carbocycles. The van der Waals surface area contributed by atoms with Gasteiger partial charge in [-0.25, -0.2) is 0 Å². The molecule has 0 aliphatic carbocycles. The molecule has 0 unspecified atom stereocenters. The predicted octanol–water partition coefficient (Wildman–Crippen LogP) is 2.79. The number of hydrogen-bond acceptors (Lipinski definition) is 5. The summed E-state index contributed by atoms with van der Waals surface area (Å²) in [5, 5.41) is 13.0. The maximum Gasteiger partial charge on any atom is 0.453 e. The van der Waals surface area contributed by atoms with E-state index in [2.05, 4.69) is 20.6 Å². The van der Waals surface area contributed by atoms with E-state index < -0.39 is 17.9 Å². The van der Waals surface area contributed by atoms with Gasteiger partial charge in [-0.1, -0.05) is 35.1 Å². The van der Waals surface area contributed by atoms with Crippen molar-refractivity contribution in [2.45, 2.75) is 12.7 Å². The van der Waals surface area contributed by atoms with Gasteiger partial charge in [-0.3, -0.25) is 4.79 Å². The van der Waals surface area contributed by atoms with Crippen LogP contribution in [0.4, 0.5) is 13.2 Å². The zero-order chi connectivity index (χ0) is 16.6. The fourth-order valence-electron chi connectivity index (χ4n) is 1.75. The van der Waals surface area contributed by atoms with E-state index in [1.165, 1.54) is 0 Å². The second kappa shape index (κ2) is 5.78. The third-order valence-corrected chi connectivity index (χ3v) is 3.95. The van der Waals surface area contributed by atoms with Gasteiger partial charge in [-0.2, -0.15) is 17.7 Å². The number of carbonyl (C=O) groups is 1. The second-order valence-corrected chi connectivity index (χ2v) is 5.82. The Morgan fingerprint density at radius 1 is 1.26 bits per heavy atom. The second-order valence-electron chi connectivity index (χ2n) is 4.43. The molecule has 2 heterocycles. The van der Waals surface area contributed by atoms with Crippen LogP contribution in [-0.2, 0) is 12.7 Å². The van der Waals surface area contributed by atoms with Crippen LogP contribution in [0, 0.1) is 0 Å². The van der Waals surface area contributed by atoms with Crippen molar-refractivity contribution >= 4 is 33.8 Å². The van der Waals surface area contributed by atoms with Crippen LogP contribution in [0.1, 0.15) is 21.2 Å². The lowest BCUT2D eigenvalue weighted by atomic mass is 10.2. The smallest absolute Gasteiger partial charge is 0.346 e. The van der Waals surface area contributed by atoms with Crippen LogP contribution in [0.2, 0.25) is 5.02 Å². The molecule has 6 nitrogen and oxygen atoms in total. The Kier molecular flexibility index (Phi) is 3.94. The van der Waals surface area contributed by atoms with Gasteiger partial charge in [0.1, 0.15) is 0 Å². The average Bonchev–Trinajstić information content (AvgIpc) is 3.05. The van der Waals surface area contributed by atoms with Gasteiger partial charge in [0.15, 0.2) is 0 Å². The molecule has 0 saturated carbocycles. The topological polar surface area (TPSA) is 72.2 Å². The summed E-state index contributed by atoms with van der Waals surface area (Å²) >= 11 is 6.48. The van der Waals surface area contributed by atoms with Gasteiger partial charge < -0.3 is 5.32 Å². The van der Waals surface area contributed by atoms with Crippen LogP contribution in [0.3, 0.4) is 0 Å². The van der Waals surface area contributed by atoms with E-state index in [-0.39, 0.29) is 16.5 Å². The lowest BCUT2D eigenvalue weighted by Crippen LogP contribution is -2.23. The number of rotatable bonds is 3. The highest BCUT2D eigenvalue weighted by atomic mass is 35.5. The maximum absolute atomic E-state index is 12.7. The van der Waals surface area contributed by atoms with E-state index in [9.17, 15) is 18.0 Å². The van der Waals surface area contributed by atoms with Gasteiger partial charge in [0.2, 0.25) is 9.97 Å². The summed E-state index contributed by atoms with van der Waals surface area (Å²) in [6, 6.07) is 6.79. The van der Waals surface area contributed by atoms with Gasteiger partial charge in [0.25, 0.3) is 11.7 Å². The first kappa shape index (κ1) is 15.7. The van der Waals surface area contributed by atoms with E-state index >= 15 is 0 Å². The van der Waals surface area contributed by atoms with E-state index in [1.807, 2.05) is 0 Å². The van der Waals surface area contributed by atoms with Crippen molar-refractivity contribution in [2.24, 2.45) is 0 Å². The van der Waals surface area contributed by atoms with Crippen LogP contribution >= 0.6 is 22.9 Å². The molecule has 0 bridgehead atoms. The summed E-state index contributed by atoms with van der Waals surface area (Å²) in [5.74, 6) is -1.86. The summed E-state index contributed by atoms with van der Waals surface area (Å²) in [6.45, 7) is 0.197. The number of amides is 1. The molecule has 2 aromatic heterocycles. The van der Waals surface area contributed by atoms with E-state index in [0.717, 1.165) is 16.9 Å². The van der Waals surface area contributed by atoms with Crippen molar-refractivity contribution < 1.29 is 18.0 Å². The number of halogens is 4. The lowest BCUT2D eigenvalue weighted by Gasteiger charge is -2.03. The third-order valence-electron chi connectivity index (χ3n) is 2.80. The van der Waals surface area contributed by atoms with Crippen LogP contribution in [-0.4, -0.2) is 25.7 Å². The van der Waals surface area contributed by atoms with Crippen LogP contribution in [0.15, 0.2) is 24.3 Å². The number of hydrogen-bond donors (Lipinski definition) is 1. The third kappa shape index (κ3) is 3.27. The van der Waals surface area contributed by atoms with Crippen LogP contribution in [0.5, 0.6) is 0 Å². The number of nitrogens with one attached hydrogen (secondary N) is 1. The standard InChI is InChI=1S/C12H7ClF3N5OS/c13-7-3-1-6(2-4-7)5-17-8(22)9-20-21-10(12(14,15)16)18-19-11(21)23-9/h1-4H,5H2,(H,17,22). The van der Waals surface area contributed by atoms with Crippen molar-refractivity contribution in [3.63, 3.8) is 0 Å². The highest BCUT2D eigenvalue weighted by molar-refractivity contribution is 7.18. The zero-order valence-electron chi connectivity index (χ0n) is 11.1. The van der Waals surface area contributed by atoms with E-state index in [0.29, 0.717) is 9.54 Å². The minimum Gasteiger partial charge on any atom is -0.346 e. The highest BCUT2D eigenvalue weighted by Crippen LogP contribution is 2.28. The van der Waals surface area contributed by atoms with E-state index in [1.54, 1.807) is 24.3 Å². The monoisotopic (exact) mass is 361 g/mol. The first-order chi connectivity index (χ1) is 10.8. The molecule has 11 heteroatoms. The van der Waals surface area contributed by atoms with Crippen molar-refractivity contribution in [1.82, 2.24) is 25.1 Å². The van der Waals surface area contributed by atoms with Crippen molar-refractivity contribution in [3.8, 4) is 0 Å². The Labute approximate surface area is 135 Å². The Hall–Kier alpha value is -2.20. The van der Waals surface area contributed by atoms with Crippen LogP contribution in [0.25, 0.3) is 4.96 Å². The fourth-order valence-corrected chi connectivity index (χ4v) is 2.63. The van der Waals surface area contributed by atoms with Gasteiger partial charge in [-0.05, 0) is 17.7 Å². The van der Waals surface area contributed by atoms with Crippen LogP contribution < -0.4 is 5.32 Å². The molecule has 0 aliphatic heterocycles. The molecule has 0 spiro atoms. The molecular weight excluding hydrogens is 355 g/mol. The Bertz CT molecular complexity index is 858. The summed E-state index contributed by atoms with van der Waals surface area (Å²) in [5.41, 5.74) is 0.793. The largest absolute Gasteiger partial charge is 0.453 e. The summed E-state index contributed by atoms with van der Waals surface area (Å²) < 4.78 is 38.6. The lowest BCUT2D eigenvalue weighted by molar-refractivity contribution is -0.146. The Morgan fingerprint density at radius 3 is 2.61 bits per heavy atom. The highest BCUT2D eigenvalue weighted by Gasteiger charge is 2.38. The van der Waals surface area contributed by atoms with Gasteiger partial charge >= 0.3 is 6.18 Å². The number of fused-ring (bicyclic) bond motifs is 1. The summed E-state index contributed by atoms with van der Waals surface area (Å²) in [6.07, 6.45) is -4.69. The molecule has 0 aliphatic rings. The first-order valence-electron chi connectivity index (χ1n) is 6.16. The fraction of sp³-hybridized carbons (Fsp3) is 0.167. The number of aromatic nitrogens is 4. The molecule has 1 amide bonds. The molecule has 0 fully saturated rings. The van der Waals surface area contributed by atoms with Crippen molar-refractivity contribution in [2.75, 3.05) is 0 Å². The molecule has 3 rings (SSSR count). The molecule has 3 aromatic rings. The summed E-state index contributed by atoms with van der Waals surface area (Å²) in [4.78, 5) is 11.9. The number of carbonyl (C=O) groups excluding carboxylic acids is 1. The van der Waals surface area contributed by atoms with Gasteiger partial charge in [0, 0.05) is 11.6 Å². The summed E-state index contributed by atoms with van der Waals surface area (Å²) in [7, 11) is 0. The number of nitrogens with zero attached hydrogens (tertiary/aromatic N) is 4. The molecule has 0 radical (unpaired) electrons. The first-order valence-corrected chi connectivity index (χ1v) is 7.36. The number of benzene rings is 1. The van der Waals surface area contributed by atoms with Crippen molar-refractivity contribution in [3.05, 3.63) is 45.7 Å². The minimum atomic E-state index is -4.69. The molecule has 0 saturated heterocycles. The molecule has 23 heavy (non-hydrogen) atoms. The Balaban J connectivity index is 1.76. The molecule has 1 N–H and O–H groups in total. The normalized spacial score (nSPS) is 11.8. The average molecular weight is 362 g/mol. The zero-order valence-corrected chi connectivity index (χ0v) is 12.7. The molecular formula is C12H7ClF3N5OS. The van der Waals surface area contributed by atoms with Crippen molar-refractivity contribution in [1.29, 1.82) is 0 Å². The minimum absolute atomic E-state index is 0.103. The van der Waals surface area contributed by atoms with Gasteiger partial charge in [0.05, 0.1) is 0 Å².